The first kappa shape index (κ1) is 47.0. The largest absolute Gasteiger partial charge is 0.495 e. The quantitative estimate of drug-likeness (QED) is 0.117. The summed E-state index contributed by atoms with van der Waals surface area (Å²) >= 11 is 6.10. The molecule has 0 radical (unpaired) electrons. The molecule has 1 aromatic carbocycles. The number of hydrogen-bond donors (Lipinski definition) is 5. The highest BCUT2D eigenvalue weighted by Crippen LogP contribution is 2.46. The standard InChI is InChI=1S/C27H37ClN2O5.C4H9NO2.2C2H6.CH4O/c1-17(14-19-10-11-21(28)23(15-19)33-5)8-6-7-9-20-16-22(34-26(32)30-20)18(2)25-27(3,35-25)13-12-24(31)29-4;1-3(5-2)4(6)7;3*1-2/h6-8,10-11,15,18,20,22,25H,9,12-14,16H2,1-5H3,(H,29,31)(H,30,32);3,5H,1-2H3,(H,6,7);2*1-2H3;2H,1H3/b7-6+,17-8+;;;;/t18-,20?,22?,25+,27?;3-;;;/m11.../s1. The fourth-order valence-electron chi connectivity index (χ4n) is 4.80. The van der Waals surface area contributed by atoms with Gasteiger partial charge in [-0.05, 0) is 64.8 Å². The van der Waals surface area contributed by atoms with Crippen molar-refractivity contribution in [3.05, 3.63) is 52.6 Å². The van der Waals surface area contributed by atoms with Crippen LogP contribution in [0.3, 0.4) is 0 Å². The van der Waals surface area contributed by atoms with E-state index < -0.39 is 12.0 Å². The molecule has 2 amide bonds. The third kappa shape index (κ3) is 17.3. The molecule has 12 heteroatoms. The van der Waals surface area contributed by atoms with E-state index in [1.54, 1.807) is 28.1 Å². The van der Waals surface area contributed by atoms with Crippen LogP contribution in [-0.2, 0) is 25.5 Å². The number of carboxylic acid groups (broad SMARTS) is 1. The molecular formula is C36H62ClN3O8. The van der Waals surface area contributed by atoms with Crippen molar-refractivity contribution >= 4 is 29.6 Å². The number of carbonyl (C=O) groups is 3. The van der Waals surface area contributed by atoms with Crippen LogP contribution in [0.2, 0.25) is 5.02 Å². The second-order valence-corrected chi connectivity index (χ2v) is 11.5. The van der Waals surface area contributed by atoms with Gasteiger partial charge in [-0.3, -0.25) is 9.59 Å². The summed E-state index contributed by atoms with van der Waals surface area (Å²) in [5.41, 5.74) is 2.00. The van der Waals surface area contributed by atoms with E-state index in [1.165, 1.54) is 5.57 Å². The van der Waals surface area contributed by atoms with Crippen molar-refractivity contribution in [3.63, 3.8) is 0 Å². The van der Waals surface area contributed by atoms with Crippen molar-refractivity contribution in [1.29, 1.82) is 0 Å². The van der Waals surface area contributed by atoms with Gasteiger partial charge in [0.05, 0.1) is 23.8 Å². The first-order chi connectivity index (χ1) is 22.8. The van der Waals surface area contributed by atoms with Crippen molar-refractivity contribution in [1.82, 2.24) is 16.0 Å². The van der Waals surface area contributed by atoms with E-state index in [-0.39, 0.29) is 41.8 Å². The Balaban J connectivity index is 0. The molecule has 276 valence electrons. The molecule has 2 aliphatic rings. The second kappa shape index (κ2) is 25.8. The van der Waals surface area contributed by atoms with Crippen LogP contribution in [0.15, 0.2) is 42.0 Å². The Morgan fingerprint density at radius 2 is 1.81 bits per heavy atom. The Bertz CT molecular complexity index is 1150. The lowest BCUT2D eigenvalue weighted by atomic mass is 9.86. The number of rotatable bonds is 13. The molecule has 2 saturated heterocycles. The molecule has 6 atom stereocenters. The zero-order chi connectivity index (χ0) is 37.4. The molecule has 0 aromatic heterocycles. The molecule has 2 heterocycles. The summed E-state index contributed by atoms with van der Waals surface area (Å²) in [5.74, 6) is -0.0800. The van der Waals surface area contributed by atoms with E-state index in [2.05, 4.69) is 41.9 Å². The summed E-state index contributed by atoms with van der Waals surface area (Å²) in [5, 5.41) is 23.9. The number of allylic oxidation sites excluding steroid dienone is 3. The maximum Gasteiger partial charge on any atom is 0.407 e. The van der Waals surface area contributed by atoms with Crippen LogP contribution >= 0.6 is 11.6 Å². The van der Waals surface area contributed by atoms with E-state index in [0.717, 1.165) is 31.9 Å². The number of halogens is 1. The monoisotopic (exact) mass is 699 g/mol. The number of benzene rings is 1. The number of carbonyl (C=O) groups excluding carboxylic acids is 2. The minimum atomic E-state index is -0.817. The number of cyclic esters (lactones) is 1. The van der Waals surface area contributed by atoms with E-state index >= 15 is 0 Å². The van der Waals surface area contributed by atoms with Crippen LogP contribution in [0, 0.1) is 5.92 Å². The van der Waals surface area contributed by atoms with Gasteiger partial charge in [0.25, 0.3) is 0 Å². The maximum absolute atomic E-state index is 12.2. The summed E-state index contributed by atoms with van der Waals surface area (Å²) in [6.07, 6.45) is 8.88. The molecule has 0 aliphatic carbocycles. The van der Waals surface area contributed by atoms with Gasteiger partial charge in [-0.1, -0.05) is 76.1 Å². The van der Waals surface area contributed by atoms with Gasteiger partial charge >= 0.3 is 12.1 Å². The van der Waals surface area contributed by atoms with Crippen LogP contribution in [0.25, 0.3) is 0 Å². The van der Waals surface area contributed by atoms with E-state index in [9.17, 15) is 14.4 Å². The Labute approximate surface area is 293 Å². The number of hydrogen-bond acceptors (Lipinski definition) is 8. The second-order valence-electron chi connectivity index (χ2n) is 11.1. The van der Waals surface area contributed by atoms with Gasteiger partial charge in [0.2, 0.25) is 5.91 Å². The molecule has 3 rings (SSSR count). The average Bonchev–Trinajstić information content (AvgIpc) is 3.79. The van der Waals surface area contributed by atoms with Gasteiger partial charge in [-0.15, -0.1) is 0 Å². The van der Waals surface area contributed by atoms with Gasteiger partial charge in [-0.25, -0.2) is 4.79 Å². The SMILES string of the molecule is CC.CC.CNC(=O)CCC1(C)O[C@H]1[C@H](C)C1CC(C/C=C/C=C(\C)Cc2ccc(Cl)c(OC)c2)NC(=O)O1.CN[C@H](C)C(=O)O.CO. The van der Waals surface area contributed by atoms with Crippen LogP contribution in [0.1, 0.15) is 86.6 Å². The average molecular weight is 700 g/mol. The predicted molar refractivity (Wildman–Crippen MR) is 194 cm³/mol. The highest BCUT2D eigenvalue weighted by atomic mass is 35.5. The summed E-state index contributed by atoms with van der Waals surface area (Å²) < 4.78 is 16.8. The zero-order valence-electron chi connectivity index (χ0n) is 31.1. The van der Waals surface area contributed by atoms with Crippen molar-refractivity contribution in [2.24, 2.45) is 5.92 Å². The van der Waals surface area contributed by atoms with Crippen molar-refractivity contribution < 1.29 is 38.8 Å². The minimum Gasteiger partial charge on any atom is -0.495 e. The van der Waals surface area contributed by atoms with E-state index in [0.29, 0.717) is 23.6 Å². The highest BCUT2D eigenvalue weighted by molar-refractivity contribution is 6.32. The van der Waals surface area contributed by atoms with Gasteiger partial charge in [0.1, 0.15) is 17.9 Å². The Morgan fingerprint density at radius 3 is 2.33 bits per heavy atom. The van der Waals surface area contributed by atoms with Crippen molar-refractivity contribution in [3.8, 4) is 5.75 Å². The molecule has 0 bridgehead atoms. The van der Waals surface area contributed by atoms with Crippen molar-refractivity contribution in [2.75, 3.05) is 28.3 Å². The normalized spacial score (nSPS) is 22.2. The Kier molecular flexibility index (Phi) is 25.3. The van der Waals surface area contributed by atoms with Gasteiger partial charge in [0, 0.05) is 39.0 Å². The number of aliphatic carboxylic acids is 1. The molecule has 1 aromatic rings. The number of aliphatic hydroxyl groups excluding tert-OH is 1. The third-order valence-corrected chi connectivity index (χ3v) is 7.98. The number of ether oxygens (including phenoxy) is 3. The maximum atomic E-state index is 12.2. The highest BCUT2D eigenvalue weighted by Gasteiger charge is 2.57. The molecule has 2 fully saturated rings. The number of nitrogens with one attached hydrogen (secondary N) is 3. The molecule has 48 heavy (non-hydrogen) atoms. The van der Waals surface area contributed by atoms with E-state index in [4.69, 9.17) is 36.0 Å². The van der Waals surface area contributed by atoms with Crippen LogP contribution in [-0.4, -0.2) is 86.4 Å². The molecular weight excluding hydrogens is 638 g/mol. The molecule has 3 unspecified atom stereocenters. The summed E-state index contributed by atoms with van der Waals surface area (Å²) in [6, 6.07) is 5.37. The Morgan fingerprint density at radius 1 is 1.19 bits per heavy atom. The number of methoxy groups -OCH3 is 1. The third-order valence-electron chi connectivity index (χ3n) is 7.67. The lowest BCUT2D eigenvalue weighted by Crippen LogP contribution is -2.48. The fraction of sp³-hybridized carbons (Fsp3) is 0.639. The molecule has 0 spiro atoms. The Hall–Kier alpha value is -3.12. The lowest BCUT2D eigenvalue weighted by molar-refractivity contribution is -0.138. The zero-order valence-corrected chi connectivity index (χ0v) is 31.9. The van der Waals surface area contributed by atoms with Crippen molar-refractivity contribution in [2.45, 2.75) is 117 Å². The van der Waals surface area contributed by atoms with Gasteiger partial charge < -0.3 is 40.4 Å². The predicted octanol–water partition coefficient (Wildman–Crippen LogP) is 6.31. The minimum absolute atomic E-state index is 0.00468. The molecule has 5 N–H and O–H groups in total. The topological polar surface area (TPSA) is 159 Å². The van der Waals surface area contributed by atoms with Crippen LogP contribution in [0.5, 0.6) is 5.75 Å². The first-order valence-electron chi connectivity index (χ1n) is 16.7. The number of alkyl carbamates (subject to hydrolysis) is 1. The lowest BCUT2D eigenvalue weighted by Gasteiger charge is -2.33. The number of carboxylic acids is 1. The van der Waals surface area contributed by atoms with Crippen LogP contribution < -0.4 is 20.7 Å². The smallest absolute Gasteiger partial charge is 0.407 e. The summed E-state index contributed by atoms with van der Waals surface area (Å²) in [7, 11) is 5.86. The van der Waals surface area contributed by atoms with Gasteiger partial charge in [-0.2, -0.15) is 0 Å². The molecule has 0 saturated carbocycles. The molecule has 11 nitrogen and oxygen atoms in total. The molecule has 2 aliphatic heterocycles. The summed E-state index contributed by atoms with van der Waals surface area (Å²) in [4.78, 5) is 33.6. The number of aliphatic hydroxyl groups is 1. The number of epoxide rings is 1. The van der Waals surface area contributed by atoms with Gasteiger partial charge in [0.15, 0.2) is 0 Å². The van der Waals surface area contributed by atoms with E-state index in [1.807, 2.05) is 58.9 Å². The summed E-state index contributed by atoms with van der Waals surface area (Å²) in [6.45, 7) is 15.7. The first-order valence-corrected chi connectivity index (χ1v) is 17.1. The number of amides is 2. The fourth-order valence-corrected chi connectivity index (χ4v) is 4.99. The van der Waals surface area contributed by atoms with Crippen LogP contribution in [0.4, 0.5) is 4.79 Å². The number of likely N-dealkylation sites (N-methyl/N-ethyl adjacent to an activating group) is 1.